The monoisotopic (exact) mass is 177 g/mol. The van der Waals surface area contributed by atoms with Crippen molar-refractivity contribution in [2.24, 2.45) is 0 Å². The SMILES string of the molecule is O=C(O)C[N+](=O)[O-].[H-].[H-].[H-].[Na+].[Na+].[Na+]. The summed E-state index contributed by atoms with van der Waals surface area (Å²) in [7, 11) is 0. The molecule has 10 heavy (non-hydrogen) atoms. The normalized spacial score (nSPS) is 5.60. The molecule has 0 aromatic heterocycles. The van der Waals surface area contributed by atoms with Crippen LogP contribution in [0.25, 0.3) is 0 Å². The minimum absolute atomic E-state index is 0. The van der Waals surface area contributed by atoms with Gasteiger partial charge in [0.05, 0.1) is 0 Å². The summed E-state index contributed by atoms with van der Waals surface area (Å²) in [5.74, 6) is -1.41. The van der Waals surface area contributed by atoms with Gasteiger partial charge in [0.25, 0.3) is 6.54 Å². The number of nitro groups is 1. The fraction of sp³-hybridized carbons (Fsp3) is 0.500. The maximum Gasteiger partial charge on any atom is 1.00 e. The summed E-state index contributed by atoms with van der Waals surface area (Å²) in [6, 6.07) is 0. The van der Waals surface area contributed by atoms with Gasteiger partial charge < -0.3 is 9.39 Å². The van der Waals surface area contributed by atoms with Crippen molar-refractivity contribution in [3.63, 3.8) is 0 Å². The Bertz CT molecular complexity index is 105. The molecule has 0 aliphatic rings. The maximum absolute atomic E-state index is 9.37. The van der Waals surface area contributed by atoms with Gasteiger partial charge in [-0.15, -0.1) is 0 Å². The minimum Gasteiger partial charge on any atom is -1.00 e. The van der Waals surface area contributed by atoms with Crippen LogP contribution in [0.3, 0.4) is 0 Å². The molecule has 0 amide bonds. The van der Waals surface area contributed by atoms with Crippen LogP contribution >= 0.6 is 0 Å². The van der Waals surface area contributed by atoms with E-state index in [2.05, 4.69) is 0 Å². The predicted molar refractivity (Wildman–Crippen MR) is 22.8 cm³/mol. The van der Waals surface area contributed by atoms with E-state index in [1.54, 1.807) is 0 Å². The van der Waals surface area contributed by atoms with Crippen LogP contribution in [0.5, 0.6) is 0 Å². The van der Waals surface area contributed by atoms with Crippen LogP contribution in [0.1, 0.15) is 4.28 Å². The number of carboxylic acids is 1. The van der Waals surface area contributed by atoms with Gasteiger partial charge in [0.15, 0.2) is 0 Å². The Balaban J connectivity index is -0.0000000120. The second-order valence-electron chi connectivity index (χ2n) is 0.885. The van der Waals surface area contributed by atoms with Crippen molar-refractivity contribution >= 4 is 5.97 Å². The van der Waals surface area contributed by atoms with Gasteiger partial charge in [-0.05, 0) is 0 Å². The first-order chi connectivity index (χ1) is 3.13. The molecule has 0 heterocycles. The third kappa shape index (κ3) is 22.5. The van der Waals surface area contributed by atoms with Crippen LogP contribution in [0, 0.1) is 10.1 Å². The molecule has 0 unspecified atom stereocenters. The Morgan fingerprint density at radius 1 is 1.50 bits per heavy atom. The van der Waals surface area contributed by atoms with Gasteiger partial charge >= 0.3 is 94.6 Å². The number of aliphatic carboxylic acids is 1. The predicted octanol–water partition coefficient (Wildman–Crippen LogP) is -9.30. The van der Waals surface area contributed by atoms with Crippen molar-refractivity contribution in [2.75, 3.05) is 6.54 Å². The molecule has 0 aliphatic carbocycles. The minimum atomic E-state index is -1.41. The third-order valence-corrected chi connectivity index (χ3v) is 0.264. The van der Waals surface area contributed by atoms with E-state index in [9.17, 15) is 14.9 Å². The zero-order valence-electron chi connectivity index (χ0n) is 9.33. The molecule has 46 valence electrons. The molecule has 1 N–H and O–H groups in total. The van der Waals surface area contributed by atoms with Crippen LogP contribution in [0.15, 0.2) is 0 Å². The van der Waals surface area contributed by atoms with Gasteiger partial charge in [-0.25, -0.2) is 4.79 Å². The van der Waals surface area contributed by atoms with Crippen LogP contribution in [0.2, 0.25) is 0 Å². The van der Waals surface area contributed by atoms with Gasteiger partial charge in [0.2, 0.25) is 0 Å². The molecule has 8 heteroatoms. The standard InChI is InChI=1S/C2H3NO4.3Na.3H/c4-2(5)1-3(6)7;;;;;;/h1H2,(H,4,5);;;;;;/q;3*+1;3*-1. The molecule has 0 spiro atoms. The molecular formula is C2H6NNa3O4. The van der Waals surface area contributed by atoms with E-state index in [1.807, 2.05) is 0 Å². The maximum atomic E-state index is 9.37. The zero-order chi connectivity index (χ0) is 5.86. The molecule has 0 rings (SSSR count). The molecule has 0 radical (unpaired) electrons. The number of nitrogens with zero attached hydrogens (tertiary/aromatic N) is 1. The Hall–Kier alpha value is 1.87. The summed E-state index contributed by atoms with van der Waals surface area (Å²) < 4.78 is 0. The largest absolute Gasteiger partial charge is 1.00 e. The average Bonchev–Trinajstić information content (AvgIpc) is 1.27. The number of rotatable bonds is 2. The molecule has 5 nitrogen and oxygen atoms in total. The van der Waals surface area contributed by atoms with E-state index in [0.29, 0.717) is 0 Å². The molecule has 0 atom stereocenters. The van der Waals surface area contributed by atoms with Gasteiger partial charge in [-0.1, -0.05) is 0 Å². The summed E-state index contributed by atoms with van der Waals surface area (Å²) >= 11 is 0. The fourth-order valence-electron chi connectivity index (χ4n) is 0.110. The van der Waals surface area contributed by atoms with E-state index in [-0.39, 0.29) is 93.0 Å². The fourth-order valence-corrected chi connectivity index (χ4v) is 0.110. The van der Waals surface area contributed by atoms with Crippen molar-refractivity contribution in [3.8, 4) is 0 Å². The summed E-state index contributed by atoms with van der Waals surface area (Å²) in [5.41, 5.74) is 0. The molecule has 0 saturated carbocycles. The topological polar surface area (TPSA) is 80.4 Å². The van der Waals surface area contributed by atoms with E-state index >= 15 is 0 Å². The van der Waals surface area contributed by atoms with Gasteiger partial charge in [-0.2, -0.15) is 0 Å². The first-order valence-electron chi connectivity index (χ1n) is 1.46. The molecule has 0 aromatic rings. The quantitative estimate of drug-likeness (QED) is 0.258. The Kier molecular flexibility index (Phi) is 30.5. The second-order valence-corrected chi connectivity index (χ2v) is 0.885. The first-order valence-corrected chi connectivity index (χ1v) is 1.46. The molecule has 0 saturated heterocycles. The van der Waals surface area contributed by atoms with Crippen LogP contribution in [-0.4, -0.2) is 22.5 Å². The Labute approximate surface area is 128 Å². The van der Waals surface area contributed by atoms with Crippen molar-refractivity contribution < 1.29 is 108 Å². The first kappa shape index (κ1) is 22.6. The Morgan fingerprint density at radius 3 is 1.80 bits per heavy atom. The summed E-state index contributed by atoms with van der Waals surface area (Å²) in [6.07, 6.45) is 0. The van der Waals surface area contributed by atoms with Crippen molar-refractivity contribution in [1.82, 2.24) is 0 Å². The van der Waals surface area contributed by atoms with Crippen LogP contribution < -0.4 is 88.7 Å². The van der Waals surface area contributed by atoms with Crippen molar-refractivity contribution in [2.45, 2.75) is 0 Å². The Morgan fingerprint density at radius 2 is 1.80 bits per heavy atom. The van der Waals surface area contributed by atoms with Gasteiger partial charge in [0.1, 0.15) is 0 Å². The molecule has 0 bridgehead atoms. The molecule has 0 fully saturated rings. The number of hydrogen-bond acceptors (Lipinski definition) is 3. The molecular weight excluding hydrogens is 171 g/mol. The van der Waals surface area contributed by atoms with E-state index in [0.717, 1.165) is 0 Å². The van der Waals surface area contributed by atoms with Gasteiger partial charge in [-0.3, -0.25) is 10.1 Å². The average molecular weight is 177 g/mol. The van der Waals surface area contributed by atoms with Crippen molar-refractivity contribution in [1.29, 1.82) is 0 Å². The number of carboxylic acid groups (broad SMARTS) is 1. The van der Waals surface area contributed by atoms with E-state index in [4.69, 9.17) is 5.11 Å². The molecule has 0 aromatic carbocycles. The molecule has 0 aliphatic heterocycles. The van der Waals surface area contributed by atoms with E-state index in [1.165, 1.54) is 0 Å². The second kappa shape index (κ2) is 13.5. The van der Waals surface area contributed by atoms with Gasteiger partial charge in [0, 0.05) is 4.92 Å². The summed E-state index contributed by atoms with van der Waals surface area (Å²) in [6.45, 7) is -1.00. The van der Waals surface area contributed by atoms with Crippen LogP contribution in [-0.2, 0) is 4.79 Å². The summed E-state index contributed by atoms with van der Waals surface area (Å²) in [5, 5.41) is 16.9. The van der Waals surface area contributed by atoms with Crippen molar-refractivity contribution in [3.05, 3.63) is 10.1 Å². The number of hydrogen-bond donors (Lipinski definition) is 1. The summed E-state index contributed by atoms with van der Waals surface area (Å²) in [4.78, 5) is 17.7. The smallest absolute Gasteiger partial charge is 1.00 e. The van der Waals surface area contributed by atoms with E-state index < -0.39 is 17.4 Å². The number of carbonyl (C=O) groups is 1. The van der Waals surface area contributed by atoms with Crippen LogP contribution in [0.4, 0.5) is 0 Å². The third-order valence-electron chi connectivity index (χ3n) is 0.264. The zero-order valence-corrected chi connectivity index (χ0v) is 12.3.